The van der Waals surface area contributed by atoms with Crippen LogP contribution in [0.2, 0.25) is 0 Å². The van der Waals surface area contributed by atoms with E-state index in [0.29, 0.717) is 0 Å². The van der Waals surface area contributed by atoms with Gasteiger partial charge >= 0.3 is 57.4 Å². The first-order valence-corrected chi connectivity index (χ1v) is 2.67. The average Bonchev–Trinajstić information content (AvgIpc) is 1.85. The third-order valence-electron chi connectivity index (χ3n) is 0.748. The van der Waals surface area contributed by atoms with Gasteiger partial charge in [-0.2, -0.15) is 0 Å². The van der Waals surface area contributed by atoms with Gasteiger partial charge in [0.1, 0.15) is 0 Å². The largest absolute Gasteiger partial charge is 1.00 e. The van der Waals surface area contributed by atoms with Crippen molar-refractivity contribution in [2.75, 3.05) is 0 Å². The van der Waals surface area contributed by atoms with Gasteiger partial charge in [0.15, 0.2) is 0 Å². The molecule has 0 rings (SSSR count). The summed E-state index contributed by atoms with van der Waals surface area (Å²) >= 11 is 0. The van der Waals surface area contributed by atoms with Gasteiger partial charge in [-0.3, -0.25) is 4.79 Å². The van der Waals surface area contributed by atoms with Crippen molar-refractivity contribution in [1.82, 2.24) is 0 Å². The Morgan fingerprint density at radius 3 is 2.36 bits per heavy atom. The summed E-state index contributed by atoms with van der Waals surface area (Å²) in [5.41, 5.74) is 0. The molecule has 0 saturated carbocycles. The van der Waals surface area contributed by atoms with Crippen molar-refractivity contribution in [2.45, 2.75) is 12.8 Å². The van der Waals surface area contributed by atoms with Crippen molar-refractivity contribution >= 4 is 11.9 Å². The maximum absolute atomic E-state index is 10.4. The maximum atomic E-state index is 10.4. The topological polar surface area (TPSA) is 66.4 Å². The van der Waals surface area contributed by atoms with Gasteiger partial charge in [0.25, 0.3) is 0 Å². The maximum Gasteiger partial charge on any atom is 1.00 e. The van der Waals surface area contributed by atoms with Crippen LogP contribution in [0.4, 0.5) is 0 Å². The summed E-state index contributed by atoms with van der Waals surface area (Å²) in [7, 11) is 0. The quantitative estimate of drug-likeness (QED) is 0.254. The van der Waals surface area contributed by atoms with Crippen LogP contribution >= 0.6 is 0 Å². The summed E-state index contributed by atoms with van der Waals surface area (Å²) < 4.78 is 4.23. The second-order valence-electron chi connectivity index (χ2n) is 1.53. The molecular weight excluding hydrogens is 175 g/mol. The molecule has 0 amide bonds. The number of hydrogen-bond donors (Lipinski definition) is 0. The van der Waals surface area contributed by atoms with Crippen LogP contribution in [-0.4, -0.2) is 11.9 Å². The summed E-state index contributed by atoms with van der Waals surface area (Å²) in [4.78, 5) is 20.1. The molecule has 0 aromatic carbocycles. The Morgan fingerprint density at radius 1 is 1.45 bits per heavy atom. The van der Waals surface area contributed by atoms with Gasteiger partial charge in [-0.1, -0.05) is 6.58 Å². The minimum absolute atomic E-state index is 0. The SMILES string of the molecule is C=COC(=O)CCC(=O)[O-].[K+]. The second-order valence-corrected chi connectivity index (χ2v) is 1.53. The Balaban J connectivity index is 0. The van der Waals surface area contributed by atoms with Crippen LogP contribution in [0.25, 0.3) is 0 Å². The van der Waals surface area contributed by atoms with Crippen LogP contribution in [0.5, 0.6) is 0 Å². The van der Waals surface area contributed by atoms with E-state index >= 15 is 0 Å². The van der Waals surface area contributed by atoms with Crippen molar-refractivity contribution in [3.8, 4) is 0 Å². The van der Waals surface area contributed by atoms with Gasteiger partial charge in [-0.05, 0) is 6.42 Å². The van der Waals surface area contributed by atoms with Crippen LogP contribution in [0.3, 0.4) is 0 Å². The second kappa shape index (κ2) is 8.41. The zero-order chi connectivity index (χ0) is 7.98. The molecule has 0 bridgehead atoms. The molecule has 0 heterocycles. The number of carboxylic acid groups (broad SMARTS) is 1. The molecule has 0 fully saturated rings. The van der Waals surface area contributed by atoms with Crippen LogP contribution in [0.15, 0.2) is 12.8 Å². The van der Waals surface area contributed by atoms with Gasteiger partial charge in [-0.25, -0.2) is 0 Å². The Bertz CT molecular complexity index is 155. The summed E-state index contributed by atoms with van der Waals surface area (Å²) in [6.07, 6.45) is 0.471. The number of hydrogen-bond acceptors (Lipinski definition) is 4. The molecule has 0 aromatic rings. The molecule has 0 radical (unpaired) electrons. The van der Waals surface area contributed by atoms with E-state index in [-0.39, 0.29) is 64.2 Å². The third kappa shape index (κ3) is 10.3. The van der Waals surface area contributed by atoms with Gasteiger partial charge in [0, 0.05) is 5.97 Å². The van der Waals surface area contributed by atoms with Crippen LogP contribution in [0.1, 0.15) is 12.8 Å². The molecule has 56 valence electrons. The molecule has 11 heavy (non-hydrogen) atoms. The molecule has 0 aliphatic heterocycles. The monoisotopic (exact) mass is 182 g/mol. The fraction of sp³-hybridized carbons (Fsp3) is 0.333. The Morgan fingerprint density at radius 2 is 2.00 bits per heavy atom. The normalized spacial score (nSPS) is 7.64. The Hall–Kier alpha value is 0.316. The zero-order valence-electron chi connectivity index (χ0n) is 6.33. The zero-order valence-corrected chi connectivity index (χ0v) is 9.45. The fourth-order valence-electron chi connectivity index (χ4n) is 0.356. The van der Waals surface area contributed by atoms with Crippen molar-refractivity contribution in [2.24, 2.45) is 0 Å². The van der Waals surface area contributed by atoms with E-state index < -0.39 is 11.9 Å². The van der Waals surface area contributed by atoms with E-state index in [4.69, 9.17) is 0 Å². The predicted molar refractivity (Wildman–Crippen MR) is 30.5 cm³/mol. The van der Waals surface area contributed by atoms with E-state index in [1.54, 1.807) is 0 Å². The number of aliphatic carboxylic acids is 1. The molecule has 0 N–H and O–H groups in total. The summed E-state index contributed by atoms with van der Waals surface area (Å²) in [5, 5.41) is 9.76. The average molecular weight is 182 g/mol. The molecular formula is C6H7KO4. The third-order valence-corrected chi connectivity index (χ3v) is 0.748. The molecule has 0 aromatic heterocycles. The predicted octanol–water partition coefficient (Wildman–Crippen LogP) is -3.79. The van der Waals surface area contributed by atoms with Crippen LogP contribution in [-0.2, 0) is 14.3 Å². The number of rotatable bonds is 4. The Labute approximate surface area is 107 Å². The minimum Gasteiger partial charge on any atom is -0.550 e. The first kappa shape index (κ1) is 13.9. The van der Waals surface area contributed by atoms with E-state index in [0.717, 1.165) is 6.26 Å². The number of carbonyl (C=O) groups is 2. The van der Waals surface area contributed by atoms with Crippen molar-refractivity contribution in [3.05, 3.63) is 12.8 Å². The summed E-state index contributed by atoms with van der Waals surface area (Å²) in [6, 6.07) is 0. The molecule has 0 spiro atoms. The number of esters is 1. The van der Waals surface area contributed by atoms with Gasteiger partial charge in [0.05, 0.1) is 12.7 Å². The van der Waals surface area contributed by atoms with Crippen molar-refractivity contribution in [3.63, 3.8) is 0 Å². The van der Waals surface area contributed by atoms with E-state index in [2.05, 4.69) is 11.3 Å². The molecule has 0 atom stereocenters. The minimum atomic E-state index is -1.26. The standard InChI is InChI=1S/C6H8O4.K/c1-2-10-6(9)4-3-5(7)8;/h2H,1,3-4H2,(H,7,8);/q;+1/p-1. The van der Waals surface area contributed by atoms with E-state index in [1.165, 1.54) is 0 Å². The van der Waals surface area contributed by atoms with Gasteiger partial charge < -0.3 is 14.6 Å². The van der Waals surface area contributed by atoms with Crippen LogP contribution in [0, 0.1) is 0 Å². The molecule has 0 unspecified atom stereocenters. The molecule has 0 saturated heterocycles. The van der Waals surface area contributed by atoms with Crippen LogP contribution < -0.4 is 56.5 Å². The summed E-state index contributed by atoms with van der Waals surface area (Å²) in [6.45, 7) is 3.12. The van der Waals surface area contributed by atoms with Gasteiger partial charge in [0.2, 0.25) is 0 Å². The molecule has 0 aliphatic rings. The number of carboxylic acids is 1. The van der Waals surface area contributed by atoms with Crippen molar-refractivity contribution < 1.29 is 70.8 Å². The van der Waals surface area contributed by atoms with Crippen molar-refractivity contribution in [1.29, 1.82) is 0 Å². The smallest absolute Gasteiger partial charge is 0.550 e. The number of ether oxygens (including phenoxy) is 1. The molecule has 5 heteroatoms. The first-order chi connectivity index (χ1) is 4.66. The molecule has 0 aliphatic carbocycles. The first-order valence-electron chi connectivity index (χ1n) is 2.67. The Kier molecular flexibility index (Phi) is 10.6. The van der Waals surface area contributed by atoms with E-state index in [1.807, 2.05) is 0 Å². The fourth-order valence-corrected chi connectivity index (χ4v) is 0.356. The van der Waals surface area contributed by atoms with Gasteiger partial charge in [-0.15, -0.1) is 0 Å². The summed E-state index contributed by atoms with van der Waals surface area (Å²) in [5.74, 6) is -1.87. The molecule has 4 nitrogen and oxygen atoms in total. The van der Waals surface area contributed by atoms with E-state index in [9.17, 15) is 14.7 Å². The number of carbonyl (C=O) groups excluding carboxylic acids is 2.